The Kier molecular flexibility index (Phi) is 5.60. The van der Waals surface area contributed by atoms with Crippen LogP contribution in [0.25, 0.3) is 0 Å². The van der Waals surface area contributed by atoms with Crippen LogP contribution in [0.15, 0.2) is 46.2 Å². The Hall–Kier alpha value is -2.05. The molecule has 1 atom stereocenters. The van der Waals surface area contributed by atoms with Crippen LogP contribution in [0.4, 0.5) is 4.39 Å². The summed E-state index contributed by atoms with van der Waals surface area (Å²) >= 11 is 1.60. The zero-order chi connectivity index (χ0) is 17.8. The van der Waals surface area contributed by atoms with Crippen molar-refractivity contribution in [3.05, 3.63) is 58.0 Å². The highest BCUT2D eigenvalue weighted by Gasteiger charge is 2.33. The van der Waals surface area contributed by atoms with Crippen LogP contribution in [0, 0.1) is 5.82 Å². The van der Waals surface area contributed by atoms with Crippen molar-refractivity contribution in [2.45, 2.75) is 26.3 Å². The molecule has 0 aliphatic carbocycles. The van der Waals surface area contributed by atoms with Crippen LogP contribution in [-0.4, -0.2) is 41.2 Å². The van der Waals surface area contributed by atoms with Gasteiger partial charge in [0.15, 0.2) is 0 Å². The fourth-order valence-corrected chi connectivity index (χ4v) is 3.69. The molecule has 0 radical (unpaired) electrons. The second-order valence-electron chi connectivity index (χ2n) is 6.03. The van der Waals surface area contributed by atoms with E-state index in [1.807, 2.05) is 36.7 Å². The number of hydrazone groups is 1. The normalized spacial score (nSPS) is 17.2. The molecule has 0 fully saturated rings. The Labute approximate surface area is 151 Å². The average Bonchev–Trinajstić information content (AvgIpc) is 3.28. The Balaban J connectivity index is 1.89. The van der Waals surface area contributed by atoms with E-state index in [4.69, 9.17) is 0 Å². The predicted octanol–water partition coefficient (Wildman–Crippen LogP) is 3.91. The summed E-state index contributed by atoms with van der Waals surface area (Å²) in [4.78, 5) is 14.9. The molecule has 25 heavy (non-hydrogen) atoms. The molecule has 132 valence electrons. The SMILES string of the molecule is CCN(CC)CC(=O)N1N=C(c2ccsc2)C[C@H]1c1cccc(F)c1. The number of carbonyl (C=O) groups is 1. The molecule has 0 unspecified atom stereocenters. The number of carbonyl (C=O) groups excluding carboxylic acids is 1. The smallest absolute Gasteiger partial charge is 0.257 e. The first-order valence-electron chi connectivity index (χ1n) is 8.52. The van der Waals surface area contributed by atoms with Crippen molar-refractivity contribution in [2.75, 3.05) is 19.6 Å². The van der Waals surface area contributed by atoms with Crippen molar-refractivity contribution < 1.29 is 9.18 Å². The lowest BCUT2D eigenvalue weighted by molar-refractivity contribution is -0.134. The number of hydrogen-bond acceptors (Lipinski definition) is 4. The molecule has 0 saturated heterocycles. The molecule has 1 aliphatic rings. The lowest BCUT2D eigenvalue weighted by atomic mass is 9.99. The van der Waals surface area contributed by atoms with E-state index >= 15 is 0 Å². The molecule has 3 rings (SSSR count). The van der Waals surface area contributed by atoms with Crippen molar-refractivity contribution in [3.8, 4) is 0 Å². The quantitative estimate of drug-likeness (QED) is 0.784. The van der Waals surface area contributed by atoms with Crippen molar-refractivity contribution in [1.82, 2.24) is 9.91 Å². The standard InChI is InChI=1S/C19H22FN3OS/c1-3-22(4-2)12-19(24)23-18(14-6-5-7-16(20)10-14)11-17(21-23)15-8-9-25-13-15/h5-10,13,18H,3-4,11-12H2,1-2H3/t18-/m0/s1. The van der Waals surface area contributed by atoms with Gasteiger partial charge in [0.2, 0.25) is 0 Å². The number of nitrogens with zero attached hydrogens (tertiary/aromatic N) is 3. The Bertz CT molecular complexity index is 756. The van der Waals surface area contributed by atoms with E-state index in [0.29, 0.717) is 13.0 Å². The van der Waals surface area contributed by atoms with Crippen LogP contribution < -0.4 is 0 Å². The summed E-state index contributed by atoms with van der Waals surface area (Å²) < 4.78 is 13.7. The van der Waals surface area contributed by atoms with Crippen LogP contribution in [0.1, 0.15) is 37.4 Å². The highest BCUT2D eigenvalue weighted by atomic mass is 32.1. The zero-order valence-corrected chi connectivity index (χ0v) is 15.3. The average molecular weight is 359 g/mol. The predicted molar refractivity (Wildman–Crippen MR) is 99.2 cm³/mol. The van der Waals surface area contributed by atoms with Crippen LogP contribution in [0.2, 0.25) is 0 Å². The molecule has 0 spiro atoms. The molecule has 1 amide bonds. The monoisotopic (exact) mass is 359 g/mol. The summed E-state index contributed by atoms with van der Waals surface area (Å²) in [5, 5.41) is 10.2. The maximum atomic E-state index is 13.7. The summed E-state index contributed by atoms with van der Waals surface area (Å²) in [6.45, 7) is 6.00. The third-order valence-electron chi connectivity index (χ3n) is 4.51. The van der Waals surface area contributed by atoms with Crippen LogP contribution in [0.3, 0.4) is 0 Å². The lowest BCUT2D eigenvalue weighted by Crippen LogP contribution is -2.38. The minimum atomic E-state index is -0.294. The van der Waals surface area contributed by atoms with Crippen molar-refractivity contribution in [1.29, 1.82) is 0 Å². The first-order chi connectivity index (χ1) is 12.1. The fraction of sp³-hybridized carbons (Fsp3) is 0.368. The Morgan fingerprint density at radius 1 is 1.36 bits per heavy atom. The number of halogens is 1. The molecule has 0 saturated carbocycles. The van der Waals surface area contributed by atoms with E-state index in [1.54, 1.807) is 22.4 Å². The molecule has 0 N–H and O–H groups in total. The fourth-order valence-electron chi connectivity index (χ4n) is 3.03. The van der Waals surface area contributed by atoms with E-state index in [9.17, 15) is 9.18 Å². The molecule has 2 heterocycles. The van der Waals surface area contributed by atoms with Crippen molar-refractivity contribution in [3.63, 3.8) is 0 Å². The molecule has 6 heteroatoms. The van der Waals surface area contributed by atoms with Crippen LogP contribution in [-0.2, 0) is 4.79 Å². The maximum absolute atomic E-state index is 13.7. The summed E-state index contributed by atoms with van der Waals surface area (Å²) in [6.07, 6.45) is 0.601. The zero-order valence-electron chi connectivity index (χ0n) is 14.5. The van der Waals surface area contributed by atoms with Gasteiger partial charge in [-0.2, -0.15) is 16.4 Å². The van der Waals surface area contributed by atoms with Gasteiger partial charge in [0, 0.05) is 12.0 Å². The summed E-state index contributed by atoms with van der Waals surface area (Å²) in [5.41, 5.74) is 2.69. The number of amides is 1. The Morgan fingerprint density at radius 3 is 2.80 bits per heavy atom. The minimum Gasteiger partial charge on any atom is -0.295 e. The maximum Gasteiger partial charge on any atom is 0.257 e. The summed E-state index contributed by atoms with van der Waals surface area (Å²) in [6, 6.07) is 8.20. The van der Waals surface area contributed by atoms with Crippen molar-refractivity contribution >= 4 is 23.0 Å². The van der Waals surface area contributed by atoms with Gasteiger partial charge in [-0.1, -0.05) is 26.0 Å². The molecule has 4 nitrogen and oxygen atoms in total. The number of rotatable bonds is 6. The minimum absolute atomic E-state index is 0.0526. The molecule has 1 aromatic heterocycles. The number of likely N-dealkylation sites (N-methyl/N-ethyl adjacent to an activating group) is 1. The van der Waals surface area contributed by atoms with Crippen LogP contribution >= 0.6 is 11.3 Å². The molecule has 1 aromatic carbocycles. The molecule has 2 aromatic rings. The van der Waals surface area contributed by atoms with E-state index in [2.05, 4.69) is 10.0 Å². The summed E-state index contributed by atoms with van der Waals surface area (Å²) in [5.74, 6) is -0.346. The number of benzene rings is 1. The van der Waals surface area contributed by atoms with Gasteiger partial charge < -0.3 is 0 Å². The highest BCUT2D eigenvalue weighted by molar-refractivity contribution is 7.08. The second kappa shape index (κ2) is 7.89. The number of hydrogen-bond donors (Lipinski definition) is 0. The van der Waals surface area contributed by atoms with Gasteiger partial charge in [-0.05, 0) is 47.6 Å². The largest absolute Gasteiger partial charge is 0.295 e. The van der Waals surface area contributed by atoms with Gasteiger partial charge in [-0.25, -0.2) is 9.40 Å². The van der Waals surface area contributed by atoms with Gasteiger partial charge in [-0.3, -0.25) is 9.69 Å². The van der Waals surface area contributed by atoms with E-state index < -0.39 is 0 Å². The first-order valence-corrected chi connectivity index (χ1v) is 9.46. The van der Waals surface area contributed by atoms with E-state index in [-0.39, 0.29) is 17.8 Å². The molecular formula is C19H22FN3OS. The topological polar surface area (TPSA) is 35.9 Å². The van der Waals surface area contributed by atoms with Gasteiger partial charge >= 0.3 is 0 Å². The molecule has 0 bridgehead atoms. The third-order valence-corrected chi connectivity index (χ3v) is 5.19. The van der Waals surface area contributed by atoms with E-state index in [0.717, 1.165) is 29.9 Å². The Morgan fingerprint density at radius 2 is 2.16 bits per heavy atom. The van der Waals surface area contributed by atoms with E-state index in [1.165, 1.54) is 12.1 Å². The molecular weight excluding hydrogens is 337 g/mol. The van der Waals surface area contributed by atoms with Gasteiger partial charge in [0.05, 0.1) is 18.3 Å². The molecule has 1 aliphatic heterocycles. The second-order valence-corrected chi connectivity index (χ2v) is 6.81. The third kappa shape index (κ3) is 3.96. The summed E-state index contributed by atoms with van der Waals surface area (Å²) in [7, 11) is 0. The highest BCUT2D eigenvalue weighted by Crippen LogP contribution is 2.33. The number of thiophene rings is 1. The van der Waals surface area contributed by atoms with Crippen LogP contribution in [0.5, 0.6) is 0 Å². The van der Waals surface area contributed by atoms with Gasteiger partial charge in [0.1, 0.15) is 5.82 Å². The first kappa shape index (κ1) is 17.8. The van der Waals surface area contributed by atoms with Gasteiger partial charge in [0.25, 0.3) is 5.91 Å². The lowest BCUT2D eigenvalue weighted by Gasteiger charge is -2.25. The van der Waals surface area contributed by atoms with Gasteiger partial charge in [-0.15, -0.1) is 0 Å². The van der Waals surface area contributed by atoms with Crippen molar-refractivity contribution in [2.24, 2.45) is 5.10 Å².